The first-order chi connectivity index (χ1) is 11.7. The van der Waals surface area contributed by atoms with Gasteiger partial charge in [-0.2, -0.15) is 0 Å². The maximum Gasteiger partial charge on any atom is 0.230 e. The number of furan rings is 1. The minimum Gasteiger partial charge on any atom is -0.467 e. The molecule has 1 aliphatic heterocycles. The van der Waals surface area contributed by atoms with Crippen molar-refractivity contribution in [1.82, 2.24) is 20.1 Å². The van der Waals surface area contributed by atoms with Crippen molar-refractivity contribution in [2.45, 2.75) is 31.5 Å². The highest BCUT2D eigenvalue weighted by atomic mass is 32.2. The third kappa shape index (κ3) is 3.92. The molecule has 3 rings (SSSR count). The van der Waals surface area contributed by atoms with Gasteiger partial charge in [0.25, 0.3) is 0 Å². The summed E-state index contributed by atoms with van der Waals surface area (Å²) >= 11 is 1.40. The predicted molar refractivity (Wildman–Crippen MR) is 93.2 cm³/mol. The lowest BCUT2D eigenvalue weighted by Crippen LogP contribution is -2.35. The molecule has 0 spiro atoms. The number of amides is 1. The van der Waals surface area contributed by atoms with Crippen molar-refractivity contribution in [2.75, 3.05) is 30.8 Å². The number of hydrogen-bond acceptors (Lipinski definition) is 6. The maximum atomic E-state index is 11.5. The molecule has 130 valence electrons. The Labute approximate surface area is 145 Å². The Hall–Kier alpha value is -1.96. The highest BCUT2D eigenvalue weighted by Gasteiger charge is 2.23. The van der Waals surface area contributed by atoms with Crippen LogP contribution in [0.1, 0.15) is 25.5 Å². The van der Waals surface area contributed by atoms with Crippen LogP contribution in [0.4, 0.5) is 5.95 Å². The van der Waals surface area contributed by atoms with Gasteiger partial charge >= 0.3 is 0 Å². The molecule has 8 heteroatoms. The van der Waals surface area contributed by atoms with Gasteiger partial charge in [-0.05, 0) is 30.9 Å². The van der Waals surface area contributed by atoms with Crippen LogP contribution >= 0.6 is 11.8 Å². The van der Waals surface area contributed by atoms with Crippen molar-refractivity contribution in [3.63, 3.8) is 0 Å². The van der Waals surface area contributed by atoms with Gasteiger partial charge in [-0.3, -0.25) is 9.36 Å². The van der Waals surface area contributed by atoms with Crippen molar-refractivity contribution >= 4 is 23.6 Å². The van der Waals surface area contributed by atoms with E-state index in [1.165, 1.54) is 11.8 Å². The van der Waals surface area contributed by atoms with Crippen molar-refractivity contribution in [2.24, 2.45) is 5.92 Å². The summed E-state index contributed by atoms with van der Waals surface area (Å²) < 4.78 is 7.53. The summed E-state index contributed by atoms with van der Waals surface area (Å²) in [4.78, 5) is 13.8. The molecule has 1 N–H and O–H groups in total. The van der Waals surface area contributed by atoms with Gasteiger partial charge in [0.15, 0.2) is 5.16 Å². The Kier molecular flexibility index (Phi) is 5.44. The number of rotatable bonds is 6. The van der Waals surface area contributed by atoms with Crippen LogP contribution in [0, 0.1) is 5.92 Å². The molecule has 24 heavy (non-hydrogen) atoms. The van der Waals surface area contributed by atoms with E-state index in [2.05, 4.69) is 27.3 Å². The highest BCUT2D eigenvalue weighted by Crippen LogP contribution is 2.26. The number of aromatic nitrogens is 3. The predicted octanol–water partition coefficient (Wildman–Crippen LogP) is 1.99. The van der Waals surface area contributed by atoms with Crippen LogP contribution in [0.5, 0.6) is 0 Å². The number of piperidine rings is 1. The molecule has 1 aliphatic rings. The monoisotopic (exact) mass is 349 g/mol. The van der Waals surface area contributed by atoms with Gasteiger partial charge in [0, 0.05) is 20.1 Å². The number of nitrogens with one attached hydrogen (secondary N) is 1. The van der Waals surface area contributed by atoms with Crippen molar-refractivity contribution in [1.29, 1.82) is 0 Å². The normalized spacial score (nSPS) is 15.7. The Balaban J connectivity index is 1.81. The smallest absolute Gasteiger partial charge is 0.230 e. The summed E-state index contributed by atoms with van der Waals surface area (Å²) in [5.74, 6) is 2.76. The molecule has 1 saturated heterocycles. The molecular formula is C16H23N5O2S. The standard InChI is InChI=1S/C16H23N5O2S/c1-12-5-7-20(8-6-12)15-18-19-16(24-11-14(22)17-2)21(15)10-13-4-3-9-23-13/h3-4,9,12H,5-8,10-11H2,1-2H3,(H,17,22). The SMILES string of the molecule is CNC(=O)CSc1nnc(N2CCC(C)CC2)n1Cc1ccco1. The molecule has 3 heterocycles. The van der Waals surface area contributed by atoms with Gasteiger partial charge in [0.1, 0.15) is 5.76 Å². The van der Waals surface area contributed by atoms with Crippen molar-refractivity contribution < 1.29 is 9.21 Å². The first kappa shape index (κ1) is 16.9. The van der Waals surface area contributed by atoms with Crippen molar-refractivity contribution in [3.8, 4) is 0 Å². The van der Waals surface area contributed by atoms with E-state index >= 15 is 0 Å². The summed E-state index contributed by atoms with van der Waals surface area (Å²) in [6, 6.07) is 3.81. The summed E-state index contributed by atoms with van der Waals surface area (Å²) in [6.07, 6.45) is 3.99. The quantitative estimate of drug-likeness (QED) is 0.804. The third-order valence-corrected chi connectivity index (χ3v) is 5.24. The van der Waals surface area contributed by atoms with Crippen LogP contribution in [0.25, 0.3) is 0 Å². The number of carbonyl (C=O) groups excluding carboxylic acids is 1. The lowest BCUT2D eigenvalue weighted by Gasteiger charge is -2.31. The van der Waals surface area contributed by atoms with E-state index in [1.807, 2.05) is 16.7 Å². The zero-order valence-electron chi connectivity index (χ0n) is 14.1. The first-order valence-corrected chi connectivity index (χ1v) is 9.20. The van der Waals surface area contributed by atoms with E-state index in [0.717, 1.165) is 48.7 Å². The molecule has 1 fully saturated rings. The van der Waals surface area contributed by atoms with E-state index in [0.29, 0.717) is 12.3 Å². The molecule has 0 saturated carbocycles. The van der Waals surface area contributed by atoms with E-state index in [4.69, 9.17) is 4.42 Å². The molecular weight excluding hydrogens is 326 g/mol. The Morgan fingerprint density at radius 1 is 1.42 bits per heavy atom. The zero-order valence-corrected chi connectivity index (χ0v) is 14.9. The van der Waals surface area contributed by atoms with Crippen LogP contribution in [0.2, 0.25) is 0 Å². The molecule has 2 aromatic rings. The molecule has 0 atom stereocenters. The largest absolute Gasteiger partial charge is 0.467 e. The first-order valence-electron chi connectivity index (χ1n) is 8.21. The van der Waals surface area contributed by atoms with Gasteiger partial charge in [-0.1, -0.05) is 18.7 Å². The van der Waals surface area contributed by atoms with E-state index in [-0.39, 0.29) is 5.91 Å². The van der Waals surface area contributed by atoms with Crippen LogP contribution in [-0.2, 0) is 11.3 Å². The van der Waals surface area contributed by atoms with E-state index in [1.54, 1.807) is 13.3 Å². The average Bonchev–Trinajstić information content (AvgIpc) is 3.24. The average molecular weight is 349 g/mol. The fraction of sp³-hybridized carbons (Fsp3) is 0.562. The Morgan fingerprint density at radius 2 is 2.21 bits per heavy atom. The van der Waals surface area contributed by atoms with E-state index < -0.39 is 0 Å². The van der Waals surface area contributed by atoms with Crippen LogP contribution in [0.3, 0.4) is 0 Å². The lowest BCUT2D eigenvalue weighted by molar-refractivity contribution is -0.118. The molecule has 7 nitrogen and oxygen atoms in total. The van der Waals surface area contributed by atoms with Gasteiger partial charge in [0.05, 0.1) is 18.6 Å². The number of nitrogens with zero attached hydrogens (tertiary/aromatic N) is 4. The second kappa shape index (κ2) is 7.74. The minimum absolute atomic E-state index is 0.0269. The van der Waals surface area contributed by atoms with Crippen molar-refractivity contribution in [3.05, 3.63) is 24.2 Å². The van der Waals surface area contributed by atoms with Crippen LogP contribution < -0.4 is 10.2 Å². The fourth-order valence-electron chi connectivity index (χ4n) is 2.73. The summed E-state index contributed by atoms with van der Waals surface area (Å²) in [6.45, 7) is 4.82. The van der Waals surface area contributed by atoms with Gasteiger partial charge in [-0.15, -0.1) is 10.2 Å². The molecule has 2 aromatic heterocycles. The molecule has 0 aliphatic carbocycles. The topological polar surface area (TPSA) is 76.2 Å². The fourth-order valence-corrected chi connectivity index (χ4v) is 3.53. The summed E-state index contributed by atoms with van der Waals surface area (Å²) in [5.41, 5.74) is 0. The second-order valence-electron chi connectivity index (χ2n) is 6.08. The lowest BCUT2D eigenvalue weighted by atomic mass is 10.00. The van der Waals surface area contributed by atoms with Gasteiger partial charge in [-0.25, -0.2) is 0 Å². The number of thioether (sulfide) groups is 1. The minimum atomic E-state index is -0.0269. The van der Waals surface area contributed by atoms with E-state index in [9.17, 15) is 4.79 Å². The molecule has 0 unspecified atom stereocenters. The number of anilines is 1. The second-order valence-corrected chi connectivity index (χ2v) is 7.02. The third-order valence-electron chi connectivity index (χ3n) is 4.27. The Bertz CT molecular complexity index is 662. The molecule has 0 radical (unpaired) electrons. The highest BCUT2D eigenvalue weighted by molar-refractivity contribution is 7.99. The van der Waals surface area contributed by atoms with Gasteiger partial charge in [0.2, 0.25) is 11.9 Å². The maximum absolute atomic E-state index is 11.5. The summed E-state index contributed by atoms with van der Waals surface area (Å²) in [7, 11) is 1.64. The van der Waals surface area contributed by atoms with Crippen LogP contribution in [-0.4, -0.2) is 46.6 Å². The number of carbonyl (C=O) groups is 1. The zero-order chi connectivity index (χ0) is 16.9. The molecule has 0 bridgehead atoms. The van der Waals surface area contributed by atoms with Crippen LogP contribution in [0.15, 0.2) is 28.0 Å². The molecule has 1 amide bonds. The van der Waals surface area contributed by atoms with Gasteiger partial charge < -0.3 is 14.6 Å². The summed E-state index contributed by atoms with van der Waals surface area (Å²) in [5, 5.41) is 12.1. The Morgan fingerprint density at radius 3 is 2.88 bits per heavy atom. The molecule has 0 aromatic carbocycles. The number of hydrogen-bond donors (Lipinski definition) is 1.